The van der Waals surface area contributed by atoms with Crippen LogP contribution in [0.25, 0.3) is 0 Å². The van der Waals surface area contributed by atoms with Crippen molar-refractivity contribution in [1.29, 1.82) is 5.26 Å². The molecule has 0 atom stereocenters. The fourth-order valence-electron chi connectivity index (χ4n) is 2.05. The fraction of sp³-hybridized carbons (Fsp3) is 0.500. The molecule has 2 rings (SSSR count). The van der Waals surface area contributed by atoms with Crippen molar-refractivity contribution >= 4 is 21.6 Å². The van der Waals surface area contributed by atoms with Gasteiger partial charge in [0.25, 0.3) is 0 Å². The second kappa shape index (κ2) is 6.73. The van der Waals surface area contributed by atoms with Gasteiger partial charge in [-0.25, -0.2) is 17.1 Å². The number of nitrogens with zero attached hydrogens (tertiary/aromatic N) is 2. The predicted octanol–water partition coefficient (Wildman–Crippen LogP) is 2.93. The molecule has 0 radical (unpaired) electrons. The summed E-state index contributed by atoms with van der Waals surface area (Å²) in [5.74, 6) is -0.658. The zero-order valence-corrected chi connectivity index (χ0v) is 13.0. The Morgan fingerprint density at radius 3 is 2.76 bits per heavy atom. The van der Waals surface area contributed by atoms with E-state index in [2.05, 4.69) is 0 Å². The number of hydrogen-bond acceptors (Lipinski definition) is 3. The van der Waals surface area contributed by atoms with Crippen LogP contribution in [-0.4, -0.2) is 25.8 Å². The van der Waals surface area contributed by atoms with Crippen LogP contribution in [0.3, 0.4) is 0 Å². The van der Waals surface area contributed by atoms with Crippen molar-refractivity contribution in [2.45, 2.75) is 25.0 Å². The maximum atomic E-state index is 13.7. The van der Waals surface area contributed by atoms with E-state index in [-0.39, 0.29) is 18.5 Å². The van der Waals surface area contributed by atoms with E-state index >= 15 is 0 Å². The Labute approximate surface area is 129 Å². The average Bonchev–Trinajstić information content (AvgIpc) is 3.22. The summed E-state index contributed by atoms with van der Waals surface area (Å²) < 4.78 is 39.9. The van der Waals surface area contributed by atoms with E-state index in [1.165, 1.54) is 16.4 Å². The Hall–Kier alpha value is -1.16. The lowest BCUT2D eigenvalue weighted by Crippen LogP contribution is -2.34. The zero-order chi connectivity index (χ0) is 15.5. The number of halogens is 2. The van der Waals surface area contributed by atoms with E-state index in [1.807, 2.05) is 6.07 Å². The van der Waals surface area contributed by atoms with Crippen molar-refractivity contribution < 1.29 is 12.8 Å². The lowest BCUT2D eigenvalue weighted by atomic mass is 10.2. The molecule has 0 bridgehead atoms. The number of hydrogen-bond donors (Lipinski definition) is 0. The highest BCUT2D eigenvalue weighted by Crippen LogP contribution is 2.31. The van der Waals surface area contributed by atoms with Crippen LogP contribution >= 0.6 is 11.6 Å². The van der Waals surface area contributed by atoms with Crippen LogP contribution < -0.4 is 0 Å². The Bertz CT molecular complexity index is 653. The minimum Gasteiger partial charge on any atom is -0.212 e. The molecule has 0 N–H and O–H groups in total. The van der Waals surface area contributed by atoms with Crippen LogP contribution in [0.4, 0.5) is 4.39 Å². The Kier molecular flexibility index (Phi) is 5.20. The average molecular weight is 331 g/mol. The highest BCUT2D eigenvalue weighted by Gasteiger charge is 2.31. The quantitative estimate of drug-likeness (QED) is 0.772. The number of rotatable bonds is 7. The molecule has 1 aromatic carbocycles. The maximum Gasteiger partial charge on any atom is 0.218 e. The molecule has 0 unspecified atom stereocenters. The third kappa shape index (κ3) is 4.67. The second-order valence-electron chi connectivity index (χ2n) is 5.20. The van der Waals surface area contributed by atoms with Gasteiger partial charge in [-0.3, -0.25) is 0 Å². The largest absolute Gasteiger partial charge is 0.218 e. The molecule has 1 aliphatic rings. The molecule has 21 heavy (non-hydrogen) atoms. The maximum absolute atomic E-state index is 13.7. The number of sulfonamides is 1. The lowest BCUT2D eigenvalue weighted by molar-refractivity contribution is 0.401. The van der Waals surface area contributed by atoms with Gasteiger partial charge in [0.05, 0.1) is 11.8 Å². The first-order valence-corrected chi connectivity index (χ1v) is 8.70. The van der Waals surface area contributed by atoms with Crippen LogP contribution in [0.1, 0.15) is 24.8 Å². The summed E-state index contributed by atoms with van der Waals surface area (Å²) >= 11 is 5.79. The normalized spacial score (nSPS) is 15.1. The molecule has 0 spiro atoms. The van der Waals surface area contributed by atoms with Gasteiger partial charge < -0.3 is 0 Å². The summed E-state index contributed by atoms with van der Waals surface area (Å²) in [6.45, 7) is 0.559. The van der Waals surface area contributed by atoms with Gasteiger partial charge in [-0.2, -0.15) is 5.26 Å². The summed E-state index contributed by atoms with van der Waals surface area (Å²) in [5.41, 5.74) is 0.0558. The summed E-state index contributed by atoms with van der Waals surface area (Å²) in [7, 11) is -3.66. The van der Waals surface area contributed by atoms with Crippen molar-refractivity contribution in [3.63, 3.8) is 0 Å². The second-order valence-corrected chi connectivity index (χ2v) is 7.61. The van der Waals surface area contributed by atoms with E-state index < -0.39 is 21.6 Å². The third-order valence-electron chi connectivity index (χ3n) is 3.37. The molecular formula is C14H16ClFN2O2S. The molecule has 0 aliphatic heterocycles. The predicted molar refractivity (Wildman–Crippen MR) is 78.6 cm³/mol. The van der Waals surface area contributed by atoms with E-state index in [1.54, 1.807) is 0 Å². The van der Waals surface area contributed by atoms with Crippen molar-refractivity contribution in [3.8, 4) is 6.07 Å². The lowest BCUT2D eigenvalue weighted by Gasteiger charge is -2.21. The molecule has 0 saturated heterocycles. The van der Waals surface area contributed by atoms with Gasteiger partial charge in [-0.15, -0.1) is 0 Å². The molecule has 1 aromatic rings. The summed E-state index contributed by atoms with van der Waals surface area (Å²) in [6.07, 6.45) is 2.14. The summed E-state index contributed by atoms with van der Waals surface area (Å²) in [5, 5.41) is 8.95. The molecule has 1 saturated carbocycles. The highest BCUT2D eigenvalue weighted by atomic mass is 35.5. The summed E-state index contributed by atoms with van der Waals surface area (Å²) in [4.78, 5) is 0. The zero-order valence-electron chi connectivity index (χ0n) is 11.4. The smallest absolute Gasteiger partial charge is 0.212 e. The Morgan fingerprint density at radius 2 is 2.14 bits per heavy atom. The molecule has 4 nitrogen and oxygen atoms in total. The van der Waals surface area contributed by atoms with E-state index in [4.69, 9.17) is 16.9 Å². The Balaban J connectivity index is 2.16. The monoisotopic (exact) mass is 330 g/mol. The molecule has 0 heterocycles. The van der Waals surface area contributed by atoms with Crippen molar-refractivity contribution in [1.82, 2.24) is 4.31 Å². The topological polar surface area (TPSA) is 61.2 Å². The van der Waals surface area contributed by atoms with Gasteiger partial charge in [0.1, 0.15) is 5.82 Å². The van der Waals surface area contributed by atoms with Gasteiger partial charge in [-0.1, -0.05) is 11.6 Å². The molecule has 0 aromatic heterocycles. The van der Waals surface area contributed by atoms with Crippen LogP contribution in [0.15, 0.2) is 18.2 Å². The fourth-order valence-corrected chi connectivity index (χ4v) is 3.85. The number of benzene rings is 1. The van der Waals surface area contributed by atoms with Crippen molar-refractivity contribution in [2.24, 2.45) is 5.92 Å². The van der Waals surface area contributed by atoms with Gasteiger partial charge in [0.2, 0.25) is 10.0 Å². The highest BCUT2D eigenvalue weighted by molar-refractivity contribution is 7.88. The third-order valence-corrected chi connectivity index (χ3v) is 5.40. The van der Waals surface area contributed by atoms with Crippen LogP contribution in [-0.2, 0) is 15.8 Å². The molecular weight excluding hydrogens is 315 g/mol. The van der Waals surface area contributed by atoms with Gasteiger partial charge in [0, 0.05) is 30.1 Å². The van der Waals surface area contributed by atoms with Crippen molar-refractivity contribution in [2.75, 3.05) is 13.1 Å². The van der Waals surface area contributed by atoms with Gasteiger partial charge in [-0.05, 0) is 37.0 Å². The van der Waals surface area contributed by atoms with Crippen molar-refractivity contribution in [3.05, 3.63) is 34.6 Å². The van der Waals surface area contributed by atoms with Crippen LogP contribution in [0, 0.1) is 23.1 Å². The SMILES string of the molecule is N#CCCN(CC1CC1)S(=O)(=O)Cc1cc(Cl)ccc1F. The molecule has 1 aliphatic carbocycles. The number of nitriles is 1. The minimum atomic E-state index is -3.66. The van der Waals surface area contributed by atoms with E-state index in [9.17, 15) is 12.8 Å². The molecule has 7 heteroatoms. The first kappa shape index (κ1) is 16.2. The van der Waals surface area contributed by atoms with E-state index in [0.717, 1.165) is 18.9 Å². The van der Waals surface area contributed by atoms with Gasteiger partial charge >= 0.3 is 0 Å². The first-order valence-electron chi connectivity index (χ1n) is 6.71. The van der Waals surface area contributed by atoms with Crippen LogP contribution in [0.5, 0.6) is 0 Å². The van der Waals surface area contributed by atoms with E-state index in [0.29, 0.717) is 17.5 Å². The minimum absolute atomic E-state index is 0.0558. The van der Waals surface area contributed by atoms with Gasteiger partial charge in [0.15, 0.2) is 0 Å². The Morgan fingerprint density at radius 1 is 1.43 bits per heavy atom. The van der Waals surface area contributed by atoms with Crippen LogP contribution in [0.2, 0.25) is 5.02 Å². The molecule has 0 amide bonds. The summed E-state index contributed by atoms with van der Waals surface area (Å²) in [6, 6.07) is 5.81. The molecule has 1 fully saturated rings. The molecule has 114 valence electrons. The standard InChI is InChI=1S/C14H16ClFN2O2S/c15-13-4-5-14(16)12(8-13)10-21(19,20)18(7-1-6-17)9-11-2-3-11/h4-5,8,11H,1-3,7,9-10H2. The first-order chi connectivity index (χ1) is 9.92.